The molecule has 2 saturated carbocycles. The zero-order valence-corrected chi connectivity index (χ0v) is 13.2. The molecule has 1 heterocycles. The van der Waals surface area contributed by atoms with Crippen LogP contribution in [0.4, 0.5) is 5.69 Å². The third kappa shape index (κ3) is 3.28. The molecular weight excluding hydrogens is 260 g/mol. The fourth-order valence-electron chi connectivity index (χ4n) is 4.07. The van der Waals surface area contributed by atoms with Crippen LogP contribution in [-0.4, -0.2) is 10.9 Å². The molecule has 2 aliphatic rings. The molecule has 114 valence electrons. The highest BCUT2D eigenvalue weighted by Gasteiger charge is 2.34. The van der Waals surface area contributed by atoms with E-state index in [0.29, 0.717) is 0 Å². The quantitative estimate of drug-likeness (QED) is 0.883. The van der Waals surface area contributed by atoms with E-state index < -0.39 is 0 Å². The summed E-state index contributed by atoms with van der Waals surface area (Å²) in [5.41, 5.74) is 2.99. The van der Waals surface area contributed by atoms with Crippen LogP contribution in [0.2, 0.25) is 0 Å². The minimum atomic E-state index is 0.198. The van der Waals surface area contributed by atoms with Crippen molar-refractivity contribution in [3.8, 4) is 0 Å². The smallest absolute Gasteiger partial charge is 0.227 e. The summed E-state index contributed by atoms with van der Waals surface area (Å²) in [7, 11) is 0. The highest BCUT2D eigenvalue weighted by molar-refractivity contribution is 5.92. The van der Waals surface area contributed by atoms with E-state index >= 15 is 0 Å². The maximum Gasteiger partial charge on any atom is 0.227 e. The molecule has 1 aromatic heterocycles. The molecule has 0 radical (unpaired) electrons. The van der Waals surface area contributed by atoms with Crippen LogP contribution in [0.1, 0.15) is 56.2 Å². The Kier molecular flexibility index (Phi) is 4.27. The number of pyridine rings is 1. The van der Waals surface area contributed by atoms with Gasteiger partial charge in [-0.05, 0) is 56.6 Å². The fourth-order valence-corrected chi connectivity index (χ4v) is 4.07. The molecule has 3 atom stereocenters. The van der Waals surface area contributed by atoms with E-state index in [2.05, 4.69) is 10.3 Å². The summed E-state index contributed by atoms with van der Waals surface area (Å²) in [5, 5.41) is 3.07. The van der Waals surface area contributed by atoms with E-state index in [-0.39, 0.29) is 11.8 Å². The molecular formula is C18H26N2O. The summed E-state index contributed by atoms with van der Waals surface area (Å²) in [4.78, 5) is 16.8. The lowest BCUT2D eigenvalue weighted by Gasteiger charge is -2.38. The highest BCUT2D eigenvalue weighted by Crippen LogP contribution is 2.42. The number of fused-ring (bicyclic) bond motifs is 1. The molecule has 3 nitrogen and oxygen atoms in total. The number of amides is 1. The summed E-state index contributed by atoms with van der Waals surface area (Å²) < 4.78 is 0. The third-order valence-corrected chi connectivity index (χ3v) is 5.52. The van der Waals surface area contributed by atoms with Gasteiger partial charge in [-0.1, -0.05) is 25.7 Å². The number of nitrogens with zero attached hydrogens (tertiary/aromatic N) is 1. The summed E-state index contributed by atoms with van der Waals surface area (Å²) in [6.07, 6.45) is 10.6. The topological polar surface area (TPSA) is 42.0 Å². The highest BCUT2D eigenvalue weighted by atomic mass is 16.1. The Labute approximate surface area is 127 Å². The molecule has 3 heteroatoms. The van der Waals surface area contributed by atoms with E-state index in [1.807, 2.05) is 19.9 Å². The zero-order valence-electron chi connectivity index (χ0n) is 13.2. The van der Waals surface area contributed by atoms with E-state index in [1.165, 1.54) is 32.1 Å². The molecule has 2 fully saturated rings. The van der Waals surface area contributed by atoms with Crippen LogP contribution >= 0.6 is 0 Å². The number of hydrogen-bond donors (Lipinski definition) is 1. The molecule has 3 rings (SSSR count). The summed E-state index contributed by atoms with van der Waals surface area (Å²) in [5.74, 6) is 2.09. The molecule has 1 aromatic rings. The number of carbonyl (C=O) groups is 1. The molecule has 21 heavy (non-hydrogen) atoms. The molecule has 3 unspecified atom stereocenters. The van der Waals surface area contributed by atoms with Gasteiger partial charge in [-0.25, -0.2) is 0 Å². The first-order chi connectivity index (χ1) is 10.1. The molecule has 0 saturated heterocycles. The van der Waals surface area contributed by atoms with Crippen LogP contribution in [0.15, 0.2) is 12.3 Å². The number of anilines is 1. The van der Waals surface area contributed by atoms with Crippen molar-refractivity contribution in [2.45, 2.75) is 58.8 Å². The third-order valence-electron chi connectivity index (χ3n) is 5.52. The Balaban J connectivity index is 1.61. The summed E-state index contributed by atoms with van der Waals surface area (Å²) in [6, 6.07) is 2.02. The standard InChI is InChI=1S/C18H26N2O/c1-12-9-17(11-19-13(12)2)20-18(21)16-8-7-14-5-3-4-6-15(14)10-16/h9,11,14-16H,3-8,10H2,1-2H3,(H,20,21). The van der Waals surface area contributed by atoms with Crippen molar-refractivity contribution >= 4 is 11.6 Å². The van der Waals surface area contributed by atoms with Crippen LogP contribution in [0.5, 0.6) is 0 Å². The van der Waals surface area contributed by atoms with Crippen LogP contribution in [0, 0.1) is 31.6 Å². The minimum Gasteiger partial charge on any atom is -0.324 e. The van der Waals surface area contributed by atoms with Gasteiger partial charge in [0, 0.05) is 11.6 Å². The van der Waals surface area contributed by atoms with Crippen molar-refractivity contribution in [3.05, 3.63) is 23.5 Å². The summed E-state index contributed by atoms with van der Waals surface area (Å²) in [6.45, 7) is 4.02. The van der Waals surface area contributed by atoms with Gasteiger partial charge in [-0.15, -0.1) is 0 Å². The minimum absolute atomic E-state index is 0.198. The number of nitrogens with one attached hydrogen (secondary N) is 1. The molecule has 0 spiro atoms. The van der Waals surface area contributed by atoms with Gasteiger partial charge in [-0.3, -0.25) is 9.78 Å². The van der Waals surface area contributed by atoms with Crippen molar-refractivity contribution in [1.82, 2.24) is 4.98 Å². The maximum absolute atomic E-state index is 12.5. The first kappa shape index (κ1) is 14.6. The first-order valence-corrected chi connectivity index (χ1v) is 8.37. The molecule has 0 aliphatic heterocycles. The fraction of sp³-hybridized carbons (Fsp3) is 0.667. The molecule has 0 bridgehead atoms. The Morgan fingerprint density at radius 1 is 1.14 bits per heavy atom. The number of carbonyl (C=O) groups excluding carboxylic acids is 1. The molecule has 1 amide bonds. The molecule has 1 N–H and O–H groups in total. The lowest BCUT2D eigenvalue weighted by atomic mass is 9.67. The maximum atomic E-state index is 12.5. The van der Waals surface area contributed by atoms with E-state index in [9.17, 15) is 4.79 Å². The second kappa shape index (κ2) is 6.17. The largest absolute Gasteiger partial charge is 0.324 e. The summed E-state index contributed by atoms with van der Waals surface area (Å²) >= 11 is 0. The van der Waals surface area contributed by atoms with Crippen molar-refractivity contribution in [2.75, 3.05) is 5.32 Å². The van der Waals surface area contributed by atoms with Gasteiger partial charge in [0.25, 0.3) is 0 Å². The predicted octanol–water partition coefficient (Wildman–Crippen LogP) is 4.24. The molecule has 2 aliphatic carbocycles. The van der Waals surface area contributed by atoms with Crippen molar-refractivity contribution in [1.29, 1.82) is 0 Å². The van der Waals surface area contributed by atoms with E-state index in [0.717, 1.165) is 41.6 Å². The Morgan fingerprint density at radius 3 is 2.67 bits per heavy atom. The average Bonchev–Trinajstić information content (AvgIpc) is 2.50. The lowest BCUT2D eigenvalue weighted by molar-refractivity contribution is -0.122. The first-order valence-electron chi connectivity index (χ1n) is 8.37. The van der Waals surface area contributed by atoms with Gasteiger partial charge in [0.2, 0.25) is 5.91 Å². The molecule has 0 aromatic carbocycles. The SMILES string of the molecule is Cc1cc(NC(=O)C2CCC3CCCCC3C2)cnc1C. The number of aromatic nitrogens is 1. The Hall–Kier alpha value is -1.38. The number of rotatable bonds is 2. The number of hydrogen-bond acceptors (Lipinski definition) is 2. The van der Waals surface area contributed by atoms with Crippen molar-refractivity contribution < 1.29 is 4.79 Å². The normalized spacial score (nSPS) is 28.8. The van der Waals surface area contributed by atoms with Gasteiger partial charge in [0.05, 0.1) is 11.9 Å². The van der Waals surface area contributed by atoms with Crippen LogP contribution in [0.25, 0.3) is 0 Å². The van der Waals surface area contributed by atoms with E-state index in [1.54, 1.807) is 6.20 Å². The van der Waals surface area contributed by atoms with Crippen LogP contribution < -0.4 is 5.32 Å². The van der Waals surface area contributed by atoms with Crippen LogP contribution in [-0.2, 0) is 4.79 Å². The van der Waals surface area contributed by atoms with E-state index in [4.69, 9.17) is 0 Å². The van der Waals surface area contributed by atoms with Crippen molar-refractivity contribution in [3.63, 3.8) is 0 Å². The monoisotopic (exact) mass is 286 g/mol. The Bertz CT molecular complexity index is 526. The predicted molar refractivity (Wildman–Crippen MR) is 85.1 cm³/mol. The van der Waals surface area contributed by atoms with Crippen molar-refractivity contribution in [2.24, 2.45) is 17.8 Å². The lowest BCUT2D eigenvalue weighted by Crippen LogP contribution is -2.33. The van der Waals surface area contributed by atoms with Crippen LogP contribution in [0.3, 0.4) is 0 Å². The van der Waals surface area contributed by atoms with Gasteiger partial charge >= 0.3 is 0 Å². The zero-order chi connectivity index (χ0) is 14.8. The van der Waals surface area contributed by atoms with Gasteiger partial charge in [0.15, 0.2) is 0 Å². The van der Waals surface area contributed by atoms with Gasteiger partial charge in [-0.2, -0.15) is 0 Å². The van der Waals surface area contributed by atoms with Gasteiger partial charge in [0.1, 0.15) is 0 Å². The average molecular weight is 286 g/mol. The Morgan fingerprint density at radius 2 is 1.90 bits per heavy atom. The van der Waals surface area contributed by atoms with Gasteiger partial charge < -0.3 is 5.32 Å². The number of aryl methyl sites for hydroxylation is 2. The second-order valence-corrected chi connectivity index (χ2v) is 6.93. The second-order valence-electron chi connectivity index (χ2n) is 6.93.